The Labute approximate surface area is 194 Å². The molecule has 0 N–H and O–H groups in total. The number of aromatic nitrogens is 4. The number of methoxy groups -OCH3 is 1. The van der Waals surface area contributed by atoms with Crippen LogP contribution in [0.1, 0.15) is 26.2 Å². The summed E-state index contributed by atoms with van der Waals surface area (Å²) < 4.78 is 13.3. The first kappa shape index (κ1) is 21.2. The minimum Gasteiger partial charge on any atom is -0.497 e. The molecule has 0 spiro atoms. The molecule has 1 aliphatic carbocycles. The lowest BCUT2D eigenvalue weighted by molar-refractivity contribution is 0.314. The number of benzene rings is 2. The Bertz CT molecular complexity index is 1260. The van der Waals surface area contributed by atoms with Crippen molar-refractivity contribution >= 4 is 22.4 Å². The number of aryl methyl sites for hydroxylation is 1. The normalized spacial score (nSPS) is 13.3. The van der Waals surface area contributed by atoms with Crippen molar-refractivity contribution in [2.75, 3.05) is 25.2 Å². The summed E-state index contributed by atoms with van der Waals surface area (Å²) in [6, 6.07) is 12.4. The molecule has 0 bridgehead atoms. The van der Waals surface area contributed by atoms with Gasteiger partial charge in [0.2, 0.25) is 0 Å². The first-order valence-corrected chi connectivity index (χ1v) is 11.5. The van der Waals surface area contributed by atoms with Gasteiger partial charge in [-0.1, -0.05) is 6.92 Å². The van der Waals surface area contributed by atoms with E-state index in [9.17, 15) is 0 Å². The zero-order valence-corrected chi connectivity index (χ0v) is 19.4. The van der Waals surface area contributed by atoms with Gasteiger partial charge in [-0.2, -0.15) is 5.10 Å². The highest BCUT2D eigenvalue weighted by Crippen LogP contribution is 2.38. The maximum absolute atomic E-state index is 5.94. The molecule has 170 valence electrons. The van der Waals surface area contributed by atoms with E-state index in [1.165, 1.54) is 12.8 Å². The Morgan fingerprint density at radius 1 is 1.03 bits per heavy atom. The fourth-order valence-electron chi connectivity index (χ4n) is 3.91. The van der Waals surface area contributed by atoms with Gasteiger partial charge in [0.05, 0.1) is 42.8 Å². The van der Waals surface area contributed by atoms with Gasteiger partial charge in [-0.3, -0.25) is 9.67 Å². The molecule has 1 fully saturated rings. The molecule has 4 aromatic rings. The number of anilines is 2. The van der Waals surface area contributed by atoms with E-state index < -0.39 is 0 Å². The van der Waals surface area contributed by atoms with Crippen LogP contribution in [0, 0.1) is 5.92 Å². The Kier molecular flexibility index (Phi) is 5.86. The summed E-state index contributed by atoms with van der Waals surface area (Å²) in [7, 11) is 3.60. The Morgan fingerprint density at radius 3 is 2.61 bits per heavy atom. The second-order valence-electron chi connectivity index (χ2n) is 8.60. The lowest BCUT2D eigenvalue weighted by Gasteiger charge is -2.26. The van der Waals surface area contributed by atoms with Gasteiger partial charge < -0.3 is 14.4 Å². The SMILES string of the molecule is CCCOc1cc(OC)cc(N(CC2CC2)c2ccc3ncc(-c4cnn(C)c4)nc3c2)c1. The maximum atomic E-state index is 5.94. The van der Waals surface area contributed by atoms with Gasteiger partial charge in [-0.15, -0.1) is 0 Å². The van der Waals surface area contributed by atoms with Crippen molar-refractivity contribution in [3.63, 3.8) is 0 Å². The van der Waals surface area contributed by atoms with Gasteiger partial charge in [0.25, 0.3) is 0 Å². The van der Waals surface area contributed by atoms with Crippen molar-refractivity contribution in [2.45, 2.75) is 26.2 Å². The maximum Gasteiger partial charge on any atom is 0.125 e. The molecule has 0 unspecified atom stereocenters. The number of rotatable bonds is 9. The van der Waals surface area contributed by atoms with Crippen LogP contribution in [0.2, 0.25) is 0 Å². The molecule has 1 aliphatic rings. The molecule has 2 aromatic heterocycles. The first-order chi connectivity index (χ1) is 16.1. The van der Waals surface area contributed by atoms with Gasteiger partial charge in [0.1, 0.15) is 11.5 Å². The van der Waals surface area contributed by atoms with E-state index in [-0.39, 0.29) is 0 Å². The first-order valence-electron chi connectivity index (χ1n) is 11.5. The van der Waals surface area contributed by atoms with Gasteiger partial charge in [-0.05, 0) is 43.4 Å². The highest BCUT2D eigenvalue weighted by atomic mass is 16.5. The Morgan fingerprint density at radius 2 is 1.88 bits per heavy atom. The van der Waals surface area contributed by atoms with E-state index >= 15 is 0 Å². The second kappa shape index (κ2) is 9.10. The molecule has 5 rings (SSSR count). The summed E-state index contributed by atoms with van der Waals surface area (Å²) in [4.78, 5) is 11.9. The predicted molar refractivity (Wildman–Crippen MR) is 130 cm³/mol. The molecule has 0 saturated heterocycles. The van der Waals surface area contributed by atoms with E-state index in [0.717, 1.165) is 58.1 Å². The molecule has 33 heavy (non-hydrogen) atoms. The largest absolute Gasteiger partial charge is 0.497 e. The number of hydrogen-bond donors (Lipinski definition) is 0. The van der Waals surface area contributed by atoms with E-state index in [4.69, 9.17) is 14.5 Å². The summed E-state index contributed by atoms with van der Waals surface area (Å²) in [6.45, 7) is 3.73. The van der Waals surface area contributed by atoms with Crippen molar-refractivity contribution in [3.8, 4) is 22.8 Å². The van der Waals surface area contributed by atoms with Crippen molar-refractivity contribution in [1.82, 2.24) is 19.7 Å². The van der Waals surface area contributed by atoms with E-state index in [2.05, 4.69) is 46.2 Å². The van der Waals surface area contributed by atoms with Gasteiger partial charge in [-0.25, -0.2) is 4.98 Å². The highest BCUT2D eigenvalue weighted by molar-refractivity contribution is 5.82. The molecule has 0 amide bonds. The lowest BCUT2D eigenvalue weighted by Crippen LogP contribution is -2.20. The molecule has 7 heteroatoms. The number of ether oxygens (including phenoxy) is 2. The van der Waals surface area contributed by atoms with Crippen LogP contribution in [0.5, 0.6) is 11.5 Å². The molecule has 0 radical (unpaired) electrons. The van der Waals surface area contributed by atoms with Crippen molar-refractivity contribution in [3.05, 3.63) is 55.0 Å². The smallest absolute Gasteiger partial charge is 0.125 e. The third kappa shape index (κ3) is 4.77. The van der Waals surface area contributed by atoms with Crippen LogP contribution < -0.4 is 14.4 Å². The third-order valence-corrected chi connectivity index (χ3v) is 5.86. The minimum atomic E-state index is 0.678. The van der Waals surface area contributed by atoms with Crippen molar-refractivity contribution < 1.29 is 9.47 Å². The molecule has 2 heterocycles. The van der Waals surface area contributed by atoms with Crippen LogP contribution in [0.15, 0.2) is 55.0 Å². The molecule has 0 atom stereocenters. The number of nitrogens with zero attached hydrogens (tertiary/aromatic N) is 5. The molecule has 7 nitrogen and oxygen atoms in total. The van der Waals surface area contributed by atoms with Gasteiger partial charge >= 0.3 is 0 Å². The molecular weight excluding hydrogens is 414 g/mol. The fraction of sp³-hybridized carbons (Fsp3) is 0.346. The van der Waals surface area contributed by atoms with E-state index in [1.807, 2.05) is 31.6 Å². The average molecular weight is 444 g/mol. The molecule has 1 saturated carbocycles. The molecular formula is C26H29N5O2. The van der Waals surface area contributed by atoms with Crippen molar-refractivity contribution in [2.24, 2.45) is 13.0 Å². The average Bonchev–Trinajstić information content (AvgIpc) is 3.57. The molecule has 0 aliphatic heterocycles. The summed E-state index contributed by atoms with van der Waals surface area (Å²) in [6.07, 6.45) is 9.05. The summed E-state index contributed by atoms with van der Waals surface area (Å²) in [5, 5.41) is 4.26. The monoisotopic (exact) mass is 443 g/mol. The Balaban J connectivity index is 1.55. The second-order valence-corrected chi connectivity index (χ2v) is 8.60. The quantitative estimate of drug-likeness (QED) is 0.346. The summed E-state index contributed by atoms with van der Waals surface area (Å²) in [5.41, 5.74) is 5.65. The predicted octanol–water partition coefficient (Wildman–Crippen LogP) is 5.38. The zero-order valence-electron chi connectivity index (χ0n) is 19.4. The highest BCUT2D eigenvalue weighted by Gasteiger charge is 2.26. The van der Waals surface area contributed by atoms with Crippen LogP contribution in [-0.2, 0) is 7.05 Å². The van der Waals surface area contributed by atoms with Crippen LogP contribution >= 0.6 is 0 Å². The van der Waals surface area contributed by atoms with Crippen LogP contribution in [0.25, 0.3) is 22.3 Å². The number of fused-ring (bicyclic) bond motifs is 1. The number of hydrogen-bond acceptors (Lipinski definition) is 6. The lowest BCUT2D eigenvalue weighted by atomic mass is 10.1. The van der Waals surface area contributed by atoms with Crippen molar-refractivity contribution in [1.29, 1.82) is 0 Å². The van der Waals surface area contributed by atoms with Gasteiger partial charge in [0.15, 0.2) is 0 Å². The van der Waals surface area contributed by atoms with Gasteiger partial charge in [0, 0.05) is 54.9 Å². The topological polar surface area (TPSA) is 65.3 Å². The summed E-state index contributed by atoms with van der Waals surface area (Å²) >= 11 is 0. The van der Waals surface area contributed by atoms with Crippen LogP contribution in [0.4, 0.5) is 11.4 Å². The summed E-state index contributed by atoms with van der Waals surface area (Å²) in [5.74, 6) is 2.31. The van der Waals surface area contributed by atoms with Crippen LogP contribution in [0.3, 0.4) is 0 Å². The zero-order chi connectivity index (χ0) is 22.8. The van der Waals surface area contributed by atoms with E-state index in [1.54, 1.807) is 18.0 Å². The fourth-order valence-corrected chi connectivity index (χ4v) is 3.91. The molecule has 2 aromatic carbocycles. The standard InChI is InChI=1S/C26H29N5O2/c1-4-9-33-23-11-21(10-22(13-23)32-3)31(16-18-5-6-18)20-7-8-24-25(12-20)29-26(15-27-24)19-14-28-30(2)17-19/h7-8,10-15,17-18H,4-6,9,16H2,1-3H3. The minimum absolute atomic E-state index is 0.678. The third-order valence-electron chi connectivity index (χ3n) is 5.86. The van der Waals surface area contributed by atoms with E-state index in [0.29, 0.717) is 12.5 Å². The Hall–Kier alpha value is -3.61. The van der Waals surface area contributed by atoms with Crippen LogP contribution in [-0.4, -0.2) is 40.0 Å².